The molecule has 0 spiro atoms. The first-order chi connectivity index (χ1) is 10.6. The Labute approximate surface area is 137 Å². The van der Waals surface area contributed by atoms with Crippen LogP contribution in [-0.2, 0) is 4.79 Å². The van der Waals surface area contributed by atoms with Gasteiger partial charge < -0.3 is 10.1 Å². The number of likely N-dealkylation sites (tertiary alicyclic amines) is 1. The number of hydrogen-bond acceptors (Lipinski definition) is 3. The maximum Gasteiger partial charge on any atom is 0.225 e. The Bertz CT molecular complexity index is 507. The summed E-state index contributed by atoms with van der Waals surface area (Å²) in [6, 6.07) is 5.92. The van der Waals surface area contributed by atoms with Gasteiger partial charge in [0.25, 0.3) is 0 Å². The number of piperidine rings is 1. The van der Waals surface area contributed by atoms with Crippen molar-refractivity contribution in [3.05, 3.63) is 23.2 Å². The summed E-state index contributed by atoms with van der Waals surface area (Å²) in [6.07, 6.45) is 5.49. The highest BCUT2D eigenvalue weighted by Gasteiger charge is 2.21. The minimum Gasteiger partial charge on any atom is -0.495 e. The molecule has 4 nitrogen and oxygen atoms in total. The number of hydrogen-bond donors (Lipinski definition) is 1. The van der Waals surface area contributed by atoms with E-state index in [0.717, 1.165) is 19.5 Å². The Balaban J connectivity index is 1.83. The second-order valence-corrected chi connectivity index (χ2v) is 6.15. The second-order valence-electron chi connectivity index (χ2n) is 5.74. The van der Waals surface area contributed by atoms with E-state index in [4.69, 9.17) is 16.3 Å². The van der Waals surface area contributed by atoms with Crippen molar-refractivity contribution in [2.24, 2.45) is 0 Å². The Kier molecular flexibility index (Phi) is 6.52. The van der Waals surface area contributed by atoms with Crippen molar-refractivity contribution in [3.63, 3.8) is 0 Å². The molecular formula is C17H25ClN2O2. The SMILES string of the molecule is CCC1CCCCN1CCC(=O)Nc1ccc(OC)c(Cl)c1. The van der Waals surface area contributed by atoms with Crippen LogP contribution in [0.3, 0.4) is 0 Å². The number of nitrogens with one attached hydrogen (secondary N) is 1. The lowest BCUT2D eigenvalue weighted by molar-refractivity contribution is -0.116. The van der Waals surface area contributed by atoms with Crippen LogP contribution in [0.15, 0.2) is 18.2 Å². The first-order valence-electron chi connectivity index (χ1n) is 8.01. The molecule has 2 rings (SSSR count). The highest BCUT2D eigenvalue weighted by Crippen LogP contribution is 2.27. The van der Waals surface area contributed by atoms with Crippen molar-refractivity contribution in [1.29, 1.82) is 0 Å². The molecule has 0 aromatic heterocycles. The minimum absolute atomic E-state index is 0.0293. The topological polar surface area (TPSA) is 41.6 Å². The number of halogens is 1. The lowest BCUT2D eigenvalue weighted by atomic mass is 10.00. The molecule has 0 saturated carbocycles. The Morgan fingerprint density at radius 3 is 2.95 bits per heavy atom. The number of amides is 1. The highest BCUT2D eigenvalue weighted by molar-refractivity contribution is 6.32. The number of methoxy groups -OCH3 is 1. The van der Waals surface area contributed by atoms with E-state index in [2.05, 4.69) is 17.1 Å². The summed E-state index contributed by atoms with van der Waals surface area (Å²) in [7, 11) is 1.57. The summed E-state index contributed by atoms with van der Waals surface area (Å²) in [5.74, 6) is 0.639. The molecule has 22 heavy (non-hydrogen) atoms. The van der Waals surface area contributed by atoms with Gasteiger partial charge in [-0.25, -0.2) is 0 Å². The largest absolute Gasteiger partial charge is 0.495 e. The molecule has 1 aliphatic heterocycles. The lowest BCUT2D eigenvalue weighted by Gasteiger charge is -2.35. The Hall–Kier alpha value is -1.26. The molecule has 1 aliphatic rings. The number of rotatable bonds is 6. The fraction of sp³-hybridized carbons (Fsp3) is 0.588. The molecule has 5 heteroatoms. The van der Waals surface area contributed by atoms with E-state index < -0.39 is 0 Å². The molecule has 0 bridgehead atoms. The van der Waals surface area contributed by atoms with E-state index in [1.165, 1.54) is 19.3 Å². The van der Waals surface area contributed by atoms with E-state index in [1.807, 2.05) is 0 Å². The van der Waals surface area contributed by atoms with Crippen LogP contribution < -0.4 is 10.1 Å². The van der Waals surface area contributed by atoms with Gasteiger partial charge in [-0.2, -0.15) is 0 Å². The number of nitrogens with zero attached hydrogens (tertiary/aromatic N) is 1. The molecule has 1 aromatic carbocycles. The quantitative estimate of drug-likeness (QED) is 0.861. The molecule has 0 radical (unpaired) electrons. The van der Waals surface area contributed by atoms with Crippen molar-refractivity contribution in [1.82, 2.24) is 4.90 Å². The maximum absolute atomic E-state index is 12.1. The average molecular weight is 325 g/mol. The zero-order valence-electron chi connectivity index (χ0n) is 13.4. The lowest BCUT2D eigenvalue weighted by Crippen LogP contribution is -2.40. The zero-order valence-corrected chi connectivity index (χ0v) is 14.2. The van der Waals surface area contributed by atoms with Gasteiger partial charge in [0.15, 0.2) is 0 Å². The molecule has 1 N–H and O–H groups in total. The van der Waals surface area contributed by atoms with Gasteiger partial charge in [0.05, 0.1) is 12.1 Å². The molecule has 1 unspecified atom stereocenters. The maximum atomic E-state index is 12.1. The van der Waals surface area contributed by atoms with Crippen LogP contribution in [0.2, 0.25) is 5.02 Å². The van der Waals surface area contributed by atoms with Crippen LogP contribution in [0.4, 0.5) is 5.69 Å². The van der Waals surface area contributed by atoms with Crippen LogP contribution in [0.1, 0.15) is 39.0 Å². The molecule has 1 heterocycles. The van der Waals surface area contributed by atoms with E-state index in [9.17, 15) is 4.79 Å². The molecule has 1 atom stereocenters. The molecular weight excluding hydrogens is 300 g/mol. The van der Waals surface area contributed by atoms with Gasteiger partial charge in [-0.3, -0.25) is 9.69 Å². The third-order valence-corrected chi connectivity index (χ3v) is 4.58. The van der Waals surface area contributed by atoms with E-state index in [0.29, 0.717) is 28.9 Å². The fourth-order valence-electron chi connectivity index (χ4n) is 3.03. The van der Waals surface area contributed by atoms with E-state index in [1.54, 1.807) is 25.3 Å². The van der Waals surface area contributed by atoms with Crippen LogP contribution >= 0.6 is 11.6 Å². The summed E-state index contributed by atoms with van der Waals surface area (Å²) in [4.78, 5) is 14.6. The molecule has 0 aliphatic carbocycles. The summed E-state index contributed by atoms with van der Waals surface area (Å²) < 4.78 is 5.10. The van der Waals surface area contributed by atoms with E-state index >= 15 is 0 Å². The van der Waals surface area contributed by atoms with Crippen molar-refractivity contribution < 1.29 is 9.53 Å². The summed E-state index contributed by atoms with van der Waals surface area (Å²) in [5.41, 5.74) is 0.710. The molecule has 122 valence electrons. The number of carbonyl (C=O) groups is 1. The first-order valence-corrected chi connectivity index (χ1v) is 8.39. The number of carbonyl (C=O) groups excluding carboxylic acids is 1. The number of benzene rings is 1. The first kappa shape index (κ1) is 17.1. The third kappa shape index (κ3) is 4.62. The summed E-state index contributed by atoms with van der Waals surface area (Å²) >= 11 is 6.07. The van der Waals surface area contributed by atoms with Crippen LogP contribution in [0.5, 0.6) is 5.75 Å². The smallest absolute Gasteiger partial charge is 0.225 e. The number of ether oxygens (including phenoxy) is 1. The zero-order chi connectivity index (χ0) is 15.9. The van der Waals surface area contributed by atoms with Crippen LogP contribution in [0.25, 0.3) is 0 Å². The normalized spacial score (nSPS) is 19.0. The Morgan fingerprint density at radius 2 is 2.27 bits per heavy atom. The Morgan fingerprint density at radius 1 is 1.45 bits per heavy atom. The molecule has 1 fully saturated rings. The fourth-order valence-corrected chi connectivity index (χ4v) is 3.29. The summed E-state index contributed by atoms with van der Waals surface area (Å²) in [6.45, 7) is 4.16. The van der Waals surface area contributed by atoms with E-state index in [-0.39, 0.29) is 5.91 Å². The summed E-state index contributed by atoms with van der Waals surface area (Å²) in [5, 5.41) is 3.40. The monoisotopic (exact) mass is 324 g/mol. The highest BCUT2D eigenvalue weighted by atomic mass is 35.5. The molecule has 1 amide bonds. The van der Waals surface area contributed by atoms with Gasteiger partial charge in [0.1, 0.15) is 5.75 Å². The van der Waals surface area contributed by atoms with Crippen molar-refractivity contribution >= 4 is 23.2 Å². The van der Waals surface area contributed by atoms with Crippen molar-refractivity contribution in [2.75, 3.05) is 25.5 Å². The molecule has 1 aromatic rings. The van der Waals surface area contributed by atoms with Gasteiger partial charge in [-0.1, -0.05) is 24.9 Å². The van der Waals surface area contributed by atoms with Gasteiger partial charge in [-0.05, 0) is 44.0 Å². The van der Waals surface area contributed by atoms with Gasteiger partial charge >= 0.3 is 0 Å². The average Bonchev–Trinajstić information content (AvgIpc) is 2.53. The van der Waals surface area contributed by atoms with Gasteiger partial charge in [-0.15, -0.1) is 0 Å². The molecule has 1 saturated heterocycles. The third-order valence-electron chi connectivity index (χ3n) is 4.28. The second kappa shape index (κ2) is 8.39. The number of anilines is 1. The van der Waals surface area contributed by atoms with Gasteiger partial charge in [0, 0.05) is 24.7 Å². The standard InChI is InChI=1S/C17H25ClN2O2/c1-3-14-6-4-5-10-20(14)11-9-17(21)19-13-7-8-16(22-2)15(18)12-13/h7-8,12,14H,3-6,9-11H2,1-2H3,(H,19,21). The van der Waals surface area contributed by atoms with Crippen molar-refractivity contribution in [2.45, 2.75) is 45.1 Å². The predicted octanol–water partition coefficient (Wildman–Crippen LogP) is 3.94. The van der Waals surface area contributed by atoms with Crippen molar-refractivity contribution in [3.8, 4) is 5.75 Å². The van der Waals surface area contributed by atoms with Crippen LogP contribution in [0, 0.1) is 0 Å². The predicted molar refractivity (Wildman–Crippen MR) is 90.8 cm³/mol. The van der Waals surface area contributed by atoms with Gasteiger partial charge in [0.2, 0.25) is 5.91 Å². The van der Waals surface area contributed by atoms with Crippen LogP contribution in [-0.4, -0.2) is 37.0 Å². The minimum atomic E-state index is 0.0293.